The second-order valence-corrected chi connectivity index (χ2v) is 11.5. The minimum atomic E-state index is -3.17. The zero-order valence-electron chi connectivity index (χ0n) is 23.3. The van der Waals surface area contributed by atoms with Crippen LogP contribution in [-0.2, 0) is 31.5 Å². The highest BCUT2D eigenvalue weighted by molar-refractivity contribution is 7.10. The van der Waals surface area contributed by atoms with Crippen molar-refractivity contribution in [1.29, 1.82) is 5.41 Å². The molecule has 10 nitrogen and oxygen atoms in total. The van der Waals surface area contributed by atoms with Gasteiger partial charge in [0, 0.05) is 45.0 Å². The Bertz CT molecular complexity index is 1560. The van der Waals surface area contributed by atoms with Crippen molar-refractivity contribution in [2.75, 3.05) is 26.3 Å². The van der Waals surface area contributed by atoms with E-state index in [0.717, 1.165) is 4.88 Å². The highest BCUT2D eigenvalue weighted by Gasteiger charge is 2.48. The standard InChI is InChI=1S/C23H22F2N2O4.C7H9N3OS/c1-14-11-22(30-8-9-31-22)13-27(14)20(28)12-26-21(29)15-6-7-17-16-4-2-3-5-18(16)23(24,25)19(17)10-15;8-7(9)5-1-6(12-3-5)2-10-4-11/h2-7,10,14H,8-9,11-13H2,1H3,(H,26,29);1,3-4H,2H2,(H3,8,9)(H,10,11). The molecule has 3 amide bonds. The van der Waals surface area contributed by atoms with Gasteiger partial charge in [-0.15, -0.1) is 11.3 Å². The number of nitrogen functional groups attached to an aromatic ring is 1. The zero-order valence-corrected chi connectivity index (χ0v) is 24.1. The van der Waals surface area contributed by atoms with Gasteiger partial charge in [-0.2, -0.15) is 8.78 Å². The molecule has 0 saturated carbocycles. The van der Waals surface area contributed by atoms with Crippen LogP contribution in [-0.4, -0.2) is 67.1 Å². The number of hydrogen-bond donors (Lipinski definition) is 4. The first-order valence-electron chi connectivity index (χ1n) is 13.6. The lowest BCUT2D eigenvalue weighted by Crippen LogP contribution is -2.43. The van der Waals surface area contributed by atoms with E-state index in [4.69, 9.17) is 20.6 Å². The molecule has 6 rings (SSSR count). The minimum absolute atomic E-state index is 0.0589. The number of carbonyl (C=O) groups excluding carboxylic acids is 3. The molecule has 1 aliphatic carbocycles. The maximum atomic E-state index is 14.9. The minimum Gasteiger partial charge on any atom is -0.384 e. The van der Waals surface area contributed by atoms with Crippen LogP contribution in [0.3, 0.4) is 0 Å². The molecular formula is C30H31F2N5O5S. The number of nitrogens with one attached hydrogen (secondary N) is 3. The van der Waals surface area contributed by atoms with Crippen molar-refractivity contribution in [2.24, 2.45) is 5.73 Å². The summed E-state index contributed by atoms with van der Waals surface area (Å²) < 4.78 is 41.1. The van der Waals surface area contributed by atoms with E-state index in [9.17, 15) is 23.2 Å². The molecular weight excluding hydrogens is 580 g/mol. The largest absolute Gasteiger partial charge is 0.384 e. The molecule has 1 aromatic heterocycles. The highest BCUT2D eigenvalue weighted by Crippen LogP contribution is 2.51. The van der Waals surface area contributed by atoms with E-state index >= 15 is 0 Å². The summed E-state index contributed by atoms with van der Waals surface area (Å²) >= 11 is 1.48. The van der Waals surface area contributed by atoms with Crippen LogP contribution in [0.4, 0.5) is 8.78 Å². The Morgan fingerprint density at radius 2 is 1.84 bits per heavy atom. The van der Waals surface area contributed by atoms with Crippen molar-refractivity contribution < 1.29 is 32.6 Å². The van der Waals surface area contributed by atoms with E-state index in [1.807, 2.05) is 6.92 Å². The molecule has 1 unspecified atom stereocenters. The van der Waals surface area contributed by atoms with Crippen LogP contribution in [0.5, 0.6) is 0 Å². The number of likely N-dealkylation sites (tertiary alicyclic amines) is 1. The number of hydrogen-bond acceptors (Lipinski definition) is 7. The van der Waals surface area contributed by atoms with Crippen molar-refractivity contribution >= 4 is 35.4 Å². The summed E-state index contributed by atoms with van der Waals surface area (Å²) in [5, 5.41) is 14.0. The van der Waals surface area contributed by atoms with E-state index in [1.165, 1.54) is 35.6 Å². The summed E-state index contributed by atoms with van der Waals surface area (Å²) in [6.07, 6.45) is 1.22. The topological polar surface area (TPSA) is 147 Å². The second-order valence-electron chi connectivity index (χ2n) is 10.5. The number of rotatable bonds is 7. The third kappa shape index (κ3) is 6.14. The molecule has 1 atom stereocenters. The first kappa shape index (κ1) is 30.3. The maximum Gasteiger partial charge on any atom is 0.299 e. The van der Waals surface area contributed by atoms with Crippen molar-refractivity contribution in [1.82, 2.24) is 15.5 Å². The number of nitrogens with zero attached hydrogens (tertiary/aromatic N) is 1. The van der Waals surface area contributed by atoms with Crippen LogP contribution in [0.2, 0.25) is 0 Å². The highest BCUT2D eigenvalue weighted by atomic mass is 32.1. The third-order valence-electron chi connectivity index (χ3n) is 7.58. The summed E-state index contributed by atoms with van der Waals surface area (Å²) in [6, 6.07) is 12.3. The number of amides is 3. The summed E-state index contributed by atoms with van der Waals surface area (Å²) in [6.45, 7) is 3.48. The number of carbonyl (C=O) groups is 3. The number of thiophene rings is 1. The first-order valence-corrected chi connectivity index (χ1v) is 14.5. The molecule has 226 valence electrons. The second kappa shape index (κ2) is 12.2. The van der Waals surface area contributed by atoms with Gasteiger partial charge in [-0.05, 0) is 36.2 Å². The van der Waals surface area contributed by atoms with Gasteiger partial charge in [0.25, 0.3) is 11.8 Å². The molecule has 2 saturated heterocycles. The average Bonchev–Trinajstić information content (AvgIpc) is 3.78. The zero-order chi connectivity index (χ0) is 30.8. The van der Waals surface area contributed by atoms with Gasteiger partial charge in [-0.1, -0.05) is 30.3 Å². The smallest absolute Gasteiger partial charge is 0.299 e. The number of ether oxygens (including phenoxy) is 2. The molecule has 3 aromatic rings. The van der Waals surface area contributed by atoms with Crippen LogP contribution < -0.4 is 16.4 Å². The fourth-order valence-corrected chi connectivity index (χ4v) is 6.35. The normalized spacial score (nSPS) is 18.8. The number of benzene rings is 2. The fraction of sp³-hybridized carbons (Fsp3) is 0.333. The molecule has 43 heavy (non-hydrogen) atoms. The lowest BCUT2D eigenvalue weighted by Gasteiger charge is -2.23. The van der Waals surface area contributed by atoms with Crippen LogP contribution >= 0.6 is 11.3 Å². The van der Waals surface area contributed by atoms with Crippen LogP contribution in [0, 0.1) is 5.41 Å². The number of alkyl halides is 2. The van der Waals surface area contributed by atoms with Crippen molar-refractivity contribution in [2.45, 2.75) is 37.6 Å². The van der Waals surface area contributed by atoms with Crippen LogP contribution in [0.25, 0.3) is 11.1 Å². The van der Waals surface area contributed by atoms with E-state index in [1.54, 1.807) is 34.5 Å². The van der Waals surface area contributed by atoms with Gasteiger partial charge < -0.3 is 30.7 Å². The SMILES string of the molecule is CC1CC2(CN1C(=O)CNC(=O)c1ccc3c(c1)C(F)(F)c1ccccc1-3)OCCO2.N=C(N)c1csc(CNC=O)c1. The number of halogens is 2. The third-order valence-corrected chi connectivity index (χ3v) is 8.52. The Morgan fingerprint density at radius 3 is 2.53 bits per heavy atom. The van der Waals surface area contributed by atoms with Crippen LogP contribution in [0.1, 0.15) is 45.3 Å². The van der Waals surface area contributed by atoms with E-state index in [2.05, 4.69) is 10.6 Å². The van der Waals surface area contributed by atoms with Gasteiger partial charge in [0.1, 0.15) is 5.84 Å². The summed E-state index contributed by atoms with van der Waals surface area (Å²) in [7, 11) is 0. The van der Waals surface area contributed by atoms with Gasteiger partial charge in [0.05, 0.1) is 32.8 Å². The van der Waals surface area contributed by atoms with E-state index < -0.39 is 17.6 Å². The molecule has 3 heterocycles. The maximum absolute atomic E-state index is 14.9. The predicted octanol–water partition coefficient (Wildman–Crippen LogP) is 3.18. The monoisotopic (exact) mass is 611 g/mol. The van der Waals surface area contributed by atoms with Crippen molar-refractivity contribution in [3.8, 4) is 11.1 Å². The molecule has 2 fully saturated rings. The van der Waals surface area contributed by atoms with Gasteiger partial charge in [-0.3, -0.25) is 19.8 Å². The van der Waals surface area contributed by atoms with Gasteiger partial charge >= 0.3 is 0 Å². The lowest BCUT2D eigenvalue weighted by molar-refractivity contribution is -0.152. The molecule has 0 radical (unpaired) electrons. The van der Waals surface area contributed by atoms with Gasteiger partial charge in [-0.25, -0.2) is 0 Å². The number of nitrogens with two attached hydrogens (primary N) is 1. The summed E-state index contributed by atoms with van der Waals surface area (Å²) in [5.74, 6) is -4.70. The first-order chi connectivity index (χ1) is 20.5. The van der Waals surface area contributed by atoms with Crippen LogP contribution in [0.15, 0.2) is 53.9 Å². The predicted molar refractivity (Wildman–Crippen MR) is 156 cm³/mol. The molecule has 3 aliphatic rings. The average molecular weight is 612 g/mol. The van der Waals surface area contributed by atoms with Gasteiger partial charge in [0.2, 0.25) is 12.3 Å². The van der Waals surface area contributed by atoms with Crippen molar-refractivity contribution in [3.63, 3.8) is 0 Å². The van der Waals surface area contributed by atoms with E-state index in [-0.39, 0.29) is 41.0 Å². The Morgan fingerprint density at radius 1 is 1.12 bits per heavy atom. The molecule has 2 aliphatic heterocycles. The van der Waals surface area contributed by atoms with Crippen molar-refractivity contribution in [3.05, 3.63) is 81.0 Å². The molecule has 5 N–H and O–H groups in total. The Kier molecular flexibility index (Phi) is 8.58. The number of fused-ring (bicyclic) bond motifs is 3. The molecule has 0 bridgehead atoms. The number of amidine groups is 1. The van der Waals surface area contributed by atoms with E-state index in [0.29, 0.717) is 55.8 Å². The summed E-state index contributed by atoms with van der Waals surface area (Å²) in [5.41, 5.74) is 6.68. The Labute approximate surface area is 250 Å². The van der Waals surface area contributed by atoms with Gasteiger partial charge in [0.15, 0.2) is 5.79 Å². The summed E-state index contributed by atoms with van der Waals surface area (Å²) in [4.78, 5) is 37.8. The molecule has 1 spiro atoms. The lowest BCUT2D eigenvalue weighted by atomic mass is 10.0. The Hall–Kier alpha value is -4.20. The molecule has 13 heteroatoms. The molecule has 2 aromatic carbocycles. The Balaban J connectivity index is 0.000000259. The fourth-order valence-electron chi connectivity index (χ4n) is 5.51. The quantitative estimate of drug-likeness (QED) is 0.183.